The van der Waals surface area contributed by atoms with Gasteiger partial charge in [0, 0.05) is 0 Å². The molecule has 0 bridgehead atoms. The van der Waals surface area contributed by atoms with Gasteiger partial charge in [-0.15, -0.1) is 5.10 Å². The van der Waals surface area contributed by atoms with E-state index < -0.39 is 23.0 Å². The monoisotopic (exact) mass is 252 g/mol. The SMILES string of the molecule is COc1n[nH]c(NC(=O)c2c(O)cccc2F)n1. The summed E-state index contributed by atoms with van der Waals surface area (Å²) >= 11 is 0. The van der Waals surface area contributed by atoms with Crippen LogP contribution in [-0.4, -0.2) is 33.3 Å². The Morgan fingerprint density at radius 1 is 1.56 bits per heavy atom. The van der Waals surface area contributed by atoms with Crippen LogP contribution in [0.4, 0.5) is 10.3 Å². The number of benzene rings is 1. The summed E-state index contributed by atoms with van der Waals surface area (Å²) in [6, 6.07) is 3.59. The van der Waals surface area contributed by atoms with E-state index in [9.17, 15) is 14.3 Å². The van der Waals surface area contributed by atoms with Gasteiger partial charge in [-0.25, -0.2) is 9.49 Å². The van der Waals surface area contributed by atoms with E-state index in [2.05, 4.69) is 20.5 Å². The van der Waals surface area contributed by atoms with E-state index in [1.165, 1.54) is 19.2 Å². The van der Waals surface area contributed by atoms with Gasteiger partial charge in [0.2, 0.25) is 5.95 Å². The van der Waals surface area contributed by atoms with E-state index in [4.69, 9.17) is 4.74 Å². The molecule has 0 saturated carbocycles. The number of rotatable bonds is 3. The predicted molar refractivity (Wildman–Crippen MR) is 59.0 cm³/mol. The van der Waals surface area contributed by atoms with Gasteiger partial charge in [0.05, 0.1) is 7.11 Å². The van der Waals surface area contributed by atoms with E-state index in [1.807, 2.05) is 0 Å². The van der Waals surface area contributed by atoms with Crippen molar-refractivity contribution in [3.05, 3.63) is 29.6 Å². The fraction of sp³-hybridized carbons (Fsp3) is 0.100. The smallest absolute Gasteiger partial charge is 0.336 e. The van der Waals surface area contributed by atoms with Crippen LogP contribution in [0.25, 0.3) is 0 Å². The van der Waals surface area contributed by atoms with Gasteiger partial charge in [-0.2, -0.15) is 4.98 Å². The Labute approximate surface area is 101 Å². The van der Waals surface area contributed by atoms with Crippen LogP contribution in [0.5, 0.6) is 11.8 Å². The topological polar surface area (TPSA) is 100 Å². The summed E-state index contributed by atoms with van der Waals surface area (Å²) in [4.78, 5) is 15.4. The van der Waals surface area contributed by atoms with Crippen molar-refractivity contribution in [1.82, 2.24) is 15.2 Å². The summed E-state index contributed by atoms with van der Waals surface area (Å²) in [5, 5.41) is 17.6. The van der Waals surface area contributed by atoms with Crippen molar-refractivity contribution < 1.29 is 19.0 Å². The highest BCUT2D eigenvalue weighted by Gasteiger charge is 2.17. The molecule has 94 valence electrons. The lowest BCUT2D eigenvalue weighted by atomic mass is 10.2. The molecule has 0 aliphatic heterocycles. The maximum atomic E-state index is 13.4. The Morgan fingerprint density at radius 2 is 2.33 bits per heavy atom. The van der Waals surface area contributed by atoms with Gasteiger partial charge in [0.15, 0.2) is 0 Å². The summed E-state index contributed by atoms with van der Waals surface area (Å²) in [6.07, 6.45) is 0. The van der Waals surface area contributed by atoms with E-state index in [0.717, 1.165) is 6.07 Å². The van der Waals surface area contributed by atoms with Crippen LogP contribution in [0.1, 0.15) is 10.4 Å². The number of aromatic amines is 1. The molecular formula is C10H9FN4O3. The minimum Gasteiger partial charge on any atom is -0.507 e. The number of nitrogens with one attached hydrogen (secondary N) is 2. The third-order valence-corrected chi connectivity index (χ3v) is 2.10. The zero-order chi connectivity index (χ0) is 13.1. The van der Waals surface area contributed by atoms with Crippen molar-refractivity contribution in [3.63, 3.8) is 0 Å². The lowest BCUT2D eigenvalue weighted by molar-refractivity contribution is 0.101. The van der Waals surface area contributed by atoms with Crippen molar-refractivity contribution in [2.24, 2.45) is 0 Å². The Balaban J connectivity index is 2.22. The molecule has 1 aromatic carbocycles. The molecule has 0 spiro atoms. The first-order valence-electron chi connectivity index (χ1n) is 4.87. The van der Waals surface area contributed by atoms with Gasteiger partial charge < -0.3 is 9.84 Å². The lowest BCUT2D eigenvalue weighted by Crippen LogP contribution is -2.15. The molecule has 0 unspecified atom stereocenters. The van der Waals surface area contributed by atoms with Crippen LogP contribution in [0.15, 0.2) is 18.2 Å². The van der Waals surface area contributed by atoms with Crippen LogP contribution in [-0.2, 0) is 0 Å². The Kier molecular flexibility index (Phi) is 3.09. The van der Waals surface area contributed by atoms with Crippen molar-refractivity contribution in [3.8, 4) is 11.8 Å². The average molecular weight is 252 g/mol. The van der Waals surface area contributed by atoms with E-state index in [0.29, 0.717) is 0 Å². The summed E-state index contributed by atoms with van der Waals surface area (Å²) in [5.41, 5.74) is -0.465. The van der Waals surface area contributed by atoms with Crippen LogP contribution >= 0.6 is 0 Å². The number of carbonyl (C=O) groups excluding carboxylic acids is 1. The number of anilines is 1. The molecule has 0 fully saturated rings. The number of carbonyl (C=O) groups is 1. The van der Waals surface area contributed by atoms with Crippen LogP contribution in [0.3, 0.4) is 0 Å². The highest BCUT2D eigenvalue weighted by molar-refractivity contribution is 6.05. The normalized spacial score (nSPS) is 10.1. The first-order chi connectivity index (χ1) is 8.61. The van der Waals surface area contributed by atoms with E-state index in [-0.39, 0.29) is 12.0 Å². The second kappa shape index (κ2) is 4.70. The summed E-state index contributed by atoms with van der Waals surface area (Å²) in [6.45, 7) is 0. The average Bonchev–Trinajstić information content (AvgIpc) is 2.76. The number of ether oxygens (including phenoxy) is 1. The molecule has 0 aliphatic rings. The Bertz CT molecular complexity index is 564. The zero-order valence-corrected chi connectivity index (χ0v) is 9.27. The largest absolute Gasteiger partial charge is 0.507 e. The third kappa shape index (κ3) is 2.21. The number of nitrogens with zero attached hydrogens (tertiary/aromatic N) is 2. The number of methoxy groups -OCH3 is 1. The van der Waals surface area contributed by atoms with Crippen LogP contribution in [0.2, 0.25) is 0 Å². The first-order valence-corrected chi connectivity index (χ1v) is 4.87. The number of halogens is 1. The number of hydrogen-bond donors (Lipinski definition) is 3. The van der Waals surface area contributed by atoms with Gasteiger partial charge in [0.25, 0.3) is 5.91 Å². The van der Waals surface area contributed by atoms with Gasteiger partial charge in [-0.05, 0) is 12.1 Å². The maximum Gasteiger partial charge on any atom is 0.336 e. The van der Waals surface area contributed by atoms with Crippen molar-refractivity contribution in [1.29, 1.82) is 0 Å². The van der Waals surface area contributed by atoms with Gasteiger partial charge >= 0.3 is 6.01 Å². The lowest BCUT2D eigenvalue weighted by Gasteiger charge is -2.04. The van der Waals surface area contributed by atoms with Crippen molar-refractivity contribution >= 4 is 11.9 Å². The van der Waals surface area contributed by atoms with E-state index in [1.54, 1.807) is 0 Å². The fourth-order valence-electron chi connectivity index (χ4n) is 1.30. The number of aromatic nitrogens is 3. The molecule has 8 heteroatoms. The molecule has 1 amide bonds. The highest BCUT2D eigenvalue weighted by Crippen LogP contribution is 2.20. The van der Waals surface area contributed by atoms with Crippen molar-refractivity contribution in [2.75, 3.05) is 12.4 Å². The molecule has 1 heterocycles. The van der Waals surface area contributed by atoms with Gasteiger partial charge in [-0.1, -0.05) is 6.07 Å². The molecule has 0 radical (unpaired) electrons. The number of phenols is 1. The van der Waals surface area contributed by atoms with Crippen LogP contribution < -0.4 is 10.1 Å². The first kappa shape index (κ1) is 11.8. The second-order valence-electron chi connectivity index (χ2n) is 3.26. The van der Waals surface area contributed by atoms with E-state index >= 15 is 0 Å². The summed E-state index contributed by atoms with van der Waals surface area (Å²) in [5.74, 6) is -2.15. The molecule has 2 rings (SSSR count). The number of H-pyrrole nitrogens is 1. The molecule has 18 heavy (non-hydrogen) atoms. The molecule has 0 aliphatic carbocycles. The molecule has 3 N–H and O–H groups in total. The Morgan fingerprint density at radius 3 is 2.94 bits per heavy atom. The molecular weight excluding hydrogens is 243 g/mol. The summed E-state index contributed by atoms with van der Waals surface area (Å²) < 4.78 is 18.1. The van der Waals surface area contributed by atoms with Gasteiger partial charge in [-0.3, -0.25) is 10.1 Å². The third-order valence-electron chi connectivity index (χ3n) is 2.10. The number of phenolic OH excluding ortho intramolecular Hbond substituents is 1. The van der Waals surface area contributed by atoms with Crippen molar-refractivity contribution in [2.45, 2.75) is 0 Å². The molecule has 0 saturated heterocycles. The maximum absolute atomic E-state index is 13.4. The standard InChI is InChI=1S/C10H9FN4O3/c1-18-10-13-9(14-15-10)12-8(17)7-5(11)3-2-4-6(7)16/h2-4,16H,1H3,(H2,12,13,14,15,17). The zero-order valence-electron chi connectivity index (χ0n) is 9.27. The molecule has 2 aromatic rings. The van der Waals surface area contributed by atoms with Crippen LogP contribution in [0, 0.1) is 5.82 Å². The number of amides is 1. The quantitative estimate of drug-likeness (QED) is 0.753. The number of hydrogen-bond acceptors (Lipinski definition) is 5. The molecule has 1 aromatic heterocycles. The summed E-state index contributed by atoms with van der Waals surface area (Å²) in [7, 11) is 1.36. The van der Waals surface area contributed by atoms with Gasteiger partial charge in [0.1, 0.15) is 17.1 Å². The molecule has 7 nitrogen and oxygen atoms in total. The minimum atomic E-state index is -0.843. The predicted octanol–water partition coefficient (Wildman–Crippen LogP) is 0.910. The highest BCUT2D eigenvalue weighted by atomic mass is 19.1. The molecule has 0 atom stereocenters. The number of aromatic hydroxyl groups is 1. The second-order valence-corrected chi connectivity index (χ2v) is 3.26. The fourth-order valence-corrected chi connectivity index (χ4v) is 1.30. The Hall–Kier alpha value is -2.64. The minimum absolute atomic E-state index is 0.0143.